The van der Waals surface area contributed by atoms with Crippen LogP contribution in [0.15, 0.2) is 60.8 Å². The SMILES string of the molecule is Cc1c(C(=O)Nc2ccc(N3CCOCC3)nc2)cccc1-c1ccc(OC(F)(F)F)cc1. The molecule has 0 aliphatic carbocycles. The molecule has 0 bridgehead atoms. The third kappa shape index (κ3) is 5.61. The second-order valence-electron chi connectivity index (χ2n) is 7.51. The second-order valence-corrected chi connectivity index (χ2v) is 7.51. The van der Waals surface area contributed by atoms with Crippen molar-refractivity contribution >= 4 is 17.4 Å². The monoisotopic (exact) mass is 457 g/mol. The van der Waals surface area contributed by atoms with Crippen LogP contribution >= 0.6 is 0 Å². The van der Waals surface area contributed by atoms with Gasteiger partial charge in [-0.25, -0.2) is 4.98 Å². The zero-order chi connectivity index (χ0) is 23.4. The number of ether oxygens (including phenoxy) is 2. The van der Waals surface area contributed by atoms with Gasteiger partial charge in [-0.3, -0.25) is 4.79 Å². The van der Waals surface area contributed by atoms with E-state index in [0.717, 1.165) is 24.5 Å². The maximum absolute atomic E-state index is 12.9. The number of carbonyl (C=O) groups is 1. The largest absolute Gasteiger partial charge is 0.573 e. The van der Waals surface area contributed by atoms with Crippen LogP contribution in [0.4, 0.5) is 24.7 Å². The number of anilines is 2. The Bertz CT molecular complexity index is 1110. The van der Waals surface area contributed by atoms with Gasteiger partial charge >= 0.3 is 6.36 Å². The van der Waals surface area contributed by atoms with Crippen molar-refractivity contribution in [1.29, 1.82) is 0 Å². The lowest BCUT2D eigenvalue weighted by molar-refractivity contribution is -0.274. The Hall–Kier alpha value is -3.59. The molecule has 1 N–H and O–H groups in total. The lowest BCUT2D eigenvalue weighted by atomic mass is 9.96. The molecular weight excluding hydrogens is 435 g/mol. The molecule has 172 valence electrons. The molecule has 1 aliphatic rings. The summed E-state index contributed by atoms with van der Waals surface area (Å²) in [5.41, 5.74) is 3.14. The molecule has 0 unspecified atom stereocenters. The van der Waals surface area contributed by atoms with Crippen molar-refractivity contribution in [1.82, 2.24) is 4.98 Å². The molecule has 1 amide bonds. The maximum atomic E-state index is 12.9. The van der Waals surface area contributed by atoms with E-state index in [1.54, 1.807) is 31.3 Å². The molecule has 1 aliphatic heterocycles. The molecule has 1 aromatic heterocycles. The molecule has 0 spiro atoms. The summed E-state index contributed by atoms with van der Waals surface area (Å²) in [6, 6.07) is 14.4. The zero-order valence-electron chi connectivity index (χ0n) is 17.9. The third-order valence-electron chi connectivity index (χ3n) is 5.32. The van der Waals surface area contributed by atoms with Gasteiger partial charge in [0, 0.05) is 18.7 Å². The molecule has 0 saturated carbocycles. The van der Waals surface area contributed by atoms with Gasteiger partial charge < -0.3 is 19.7 Å². The van der Waals surface area contributed by atoms with Crippen LogP contribution in [-0.4, -0.2) is 43.6 Å². The van der Waals surface area contributed by atoms with E-state index in [0.29, 0.717) is 35.6 Å². The normalized spacial score (nSPS) is 14.1. The van der Waals surface area contributed by atoms with Crippen LogP contribution in [0.2, 0.25) is 0 Å². The molecule has 9 heteroatoms. The van der Waals surface area contributed by atoms with E-state index in [9.17, 15) is 18.0 Å². The Labute approximate surface area is 189 Å². The minimum Gasteiger partial charge on any atom is -0.406 e. The first-order valence-corrected chi connectivity index (χ1v) is 10.4. The molecule has 0 atom stereocenters. The number of pyridine rings is 1. The summed E-state index contributed by atoms with van der Waals surface area (Å²) in [6.07, 6.45) is -3.13. The highest BCUT2D eigenvalue weighted by Crippen LogP contribution is 2.30. The first-order valence-electron chi connectivity index (χ1n) is 10.4. The van der Waals surface area contributed by atoms with E-state index in [2.05, 4.69) is 19.9 Å². The Kier molecular flexibility index (Phi) is 6.50. The van der Waals surface area contributed by atoms with E-state index in [-0.39, 0.29) is 11.7 Å². The van der Waals surface area contributed by atoms with Crippen LogP contribution in [0.3, 0.4) is 0 Å². The van der Waals surface area contributed by atoms with Crippen LogP contribution in [-0.2, 0) is 4.74 Å². The quantitative estimate of drug-likeness (QED) is 0.581. The zero-order valence-corrected chi connectivity index (χ0v) is 17.9. The molecule has 1 fully saturated rings. The van der Waals surface area contributed by atoms with Crippen molar-refractivity contribution in [2.45, 2.75) is 13.3 Å². The van der Waals surface area contributed by atoms with Crippen molar-refractivity contribution in [3.63, 3.8) is 0 Å². The summed E-state index contributed by atoms with van der Waals surface area (Å²) in [7, 11) is 0. The third-order valence-corrected chi connectivity index (χ3v) is 5.32. The van der Waals surface area contributed by atoms with Crippen molar-refractivity contribution in [2.75, 3.05) is 36.5 Å². The highest BCUT2D eigenvalue weighted by Gasteiger charge is 2.31. The smallest absolute Gasteiger partial charge is 0.406 e. The van der Waals surface area contributed by atoms with Gasteiger partial charge in [-0.15, -0.1) is 13.2 Å². The number of aromatic nitrogens is 1. The summed E-state index contributed by atoms with van der Waals surface area (Å²) in [5, 5.41) is 2.85. The minimum atomic E-state index is -4.75. The van der Waals surface area contributed by atoms with E-state index in [1.165, 1.54) is 24.3 Å². The summed E-state index contributed by atoms with van der Waals surface area (Å²) >= 11 is 0. The standard InChI is InChI=1S/C24H22F3N3O3/c1-16-20(17-5-8-19(9-6-17)33-24(25,26)27)3-2-4-21(16)23(31)29-18-7-10-22(28-15-18)30-11-13-32-14-12-30/h2-10,15H,11-14H2,1H3,(H,29,31). The van der Waals surface area contributed by atoms with Gasteiger partial charge in [0.15, 0.2) is 0 Å². The predicted molar refractivity (Wildman–Crippen MR) is 119 cm³/mol. The number of morpholine rings is 1. The van der Waals surface area contributed by atoms with Gasteiger partial charge in [0.05, 0.1) is 25.1 Å². The van der Waals surface area contributed by atoms with E-state index in [4.69, 9.17) is 4.74 Å². The molecule has 2 heterocycles. The molecule has 0 radical (unpaired) electrons. The fourth-order valence-electron chi connectivity index (χ4n) is 3.67. The summed E-state index contributed by atoms with van der Waals surface area (Å²) < 4.78 is 46.4. The van der Waals surface area contributed by atoms with Gasteiger partial charge in [0.1, 0.15) is 11.6 Å². The molecule has 4 rings (SSSR count). The number of nitrogens with one attached hydrogen (secondary N) is 1. The number of halogens is 3. The summed E-state index contributed by atoms with van der Waals surface area (Å²) in [4.78, 5) is 19.5. The predicted octanol–water partition coefficient (Wildman–Crippen LogP) is 5.04. The highest BCUT2D eigenvalue weighted by molar-refractivity contribution is 6.06. The van der Waals surface area contributed by atoms with Crippen LogP contribution < -0.4 is 15.0 Å². The van der Waals surface area contributed by atoms with Crippen molar-refractivity contribution < 1.29 is 27.4 Å². The Balaban J connectivity index is 1.48. The van der Waals surface area contributed by atoms with Crippen molar-refractivity contribution in [2.24, 2.45) is 0 Å². The molecular formula is C24H22F3N3O3. The first-order chi connectivity index (χ1) is 15.8. The summed E-state index contributed by atoms with van der Waals surface area (Å²) in [5.74, 6) is 0.227. The topological polar surface area (TPSA) is 63.7 Å². The number of alkyl halides is 3. The van der Waals surface area contributed by atoms with Crippen LogP contribution in [0.25, 0.3) is 11.1 Å². The first kappa shape index (κ1) is 22.6. The lowest BCUT2D eigenvalue weighted by Gasteiger charge is -2.27. The maximum Gasteiger partial charge on any atom is 0.573 e. The fourth-order valence-corrected chi connectivity index (χ4v) is 3.67. The number of hydrogen-bond donors (Lipinski definition) is 1. The average Bonchev–Trinajstić information content (AvgIpc) is 2.80. The lowest BCUT2D eigenvalue weighted by Crippen LogP contribution is -2.36. The average molecular weight is 457 g/mol. The molecule has 33 heavy (non-hydrogen) atoms. The van der Waals surface area contributed by atoms with Gasteiger partial charge in [-0.05, 0) is 53.9 Å². The number of nitrogens with zero attached hydrogens (tertiary/aromatic N) is 2. The number of rotatable bonds is 5. The molecule has 2 aromatic carbocycles. The van der Waals surface area contributed by atoms with Crippen LogP contribution in [0.1, 0.15) is 15.9 Å². The van der Waals surface area contributed by atoms with Crippen LogP contribution in [0, 0.1) is 6.92 Å². The Morgan fingerprint density at radius 1 is 1.06 bits per heavy atom. The number of benzene rings is 2. The van der Waals surface area contributed by atoms with E-state index in [1.807, 2.05) is 12.1 Å². The molecule has 1 saturated heterocycles. The minimum absolute atomic E-state index is 0.299. The number of amides is 1. The van der Waals surface area contributed by atoms with Crippen LogP contribution in [0.5, 0.6) is 5.75 Å². The van der Waals surface area contributed by atoms with Crippen molar-refractivity contribution in [3.8, 4) is 16.9 Å². The molecule has 6 nitrogen and oxygen atoms in total. The van der Waals surface area contributed by atoms with Gasteiger partial charge in [0.25, 0.3) is 5.91 Å². The highest BCUT2D eigenvalue weighted by atomic mass is 19.4. The van der Waals surface area contributed by atoms with Crippen molar-refractivity contribution in [3.05, 3.63) is 71.9 Å². The second kappa shape index (κ2) is 9.50. The molecule has 3 aromatic rings. The fraction of sp³-hybridized carbons (Fsp3) is 0.250. The van der Waals surface area contributed by atoms with Gasteiger partial charge in [-0.2, -0.15) is 0 Å². The van der Waals surface area contributed by atoms with E-state index >= 15 is 0 Å². The van der Waals surface area contributed by atoms with Gasteiger partial charge in [0.2, 0.25) is 0 Å². The number of hydrogen-bond acceptors (Lipinski definition) is 5. The Morgan fingerprint density at radius 3 is 2.42 bits per heavy atom. The number of carbonyl (C=O) groups excluding carboxylic acids is 1. The Morgan fingerprint density at radius 2 is 1.79 bits per heavy atom. The summed E-state index contributed by atoms with van der Waals surface area (Å²) in [6.45, 7) is 4.66. The van der Waals surface area contributed by atoms with Gasteiger partial charge in [-0.1, -0.05) is 24.3 Å². The van der Waals surface area contributed by atoms with E-state index < -0.39 is 6.36 Å².